The van der Waals surface area contributed by atoms with Crippen molar-refractivity contribution in [3.8, 4) is 0 Å². The highest BCUT2D eigenvalue weighted by molar-refractivity contribution is 5.85. The fourth-order valence-electron chi connectivity index (χ4n) is 1.80. The van der Waals surface area contributed by atoms with Gasteiger partial charge in [0.1, 0.15) is 5.58 Å². The molecule has 0 radical (unpaired) electrons. The third-order valence-electron chi connectivity index (χ3n) is 2.46. The van der Waals surface area contributed by atoms with Crippen LogP contribution in [0.2, 0.25) is 0 Å². The van der Waals surface area contributed by atoms with Crippen LogP contribution in [0.1, 0.15) is 12.5 Å². The first-order valence-corrected chi connectivity index (χ1v) is 5.14. The molecule has 3 nitrogen and oxygen atoms in total. The Hall–Kier alpha value is -1.19. The summed E-state index contributed by atoms with van der Waals surface area (Å²) < 4.78 is 5.47. The lowest BCUT2D eigenvalue weighted by molar-refractivity contribution is 0.606. The average molecular weight is 241 g/mol. The van der Waals surface area contributed by atoms with E-state index in [2.05, 4.69) is 17.4 Å². The van der Waals surface area contributed by atoms with Gasteiger partial charge < -0.3 is 15.5 Å². The second-order valence-electron chi connectivity index (χ2n) is 3.91. The molecule has 16 heavy (non-hydrogen) atoms. The maximum absolute atomic E-state index is 5.81. The van der Waals surface area contributed by atoms with Gasteiger partial charge in [0.05, 0.1) is 6.26 Å². The van der Waals surface area contributed by atoms with Crippen LogP contribution in [0.25, 0.3) is 11.0 Å². The largest absolute Gasteiger partial charge is 0.464 e. The van der Waals surface area contributed by atoms with E-state index in [1.165, 1.54) is 0 Å². The smallest absolute Gasteiger partial charge is 0.137 e. The first-order valence-electron chi connectivity index (χ1n) is 5.14. The van der Waals surface area contributed by atoms with E-state index in [0.717, 1.165) is 28.6 Å². The predicted molar refractivity (Wildman–Crippen MR) is 70.4 cm³/mol. The summed E-state index contributed by atoms with van der Waals surface area (Å²) in [6.07, 6.45) is 2.55. The molecule has 0 saturated heterocycles. The van der Waals surface area contributed by atoms with Gasteiger partial charge in [-0.05, 0) is 37.1 Å². The Labute approximate surface area is 101 Å². The second-order valence-corrected chi connectivity index (χ2v) is 3.91. The van der Waals surface area contributed by atoms with Crippen LogP contribution in [-0.2, 0) is 6.42 Å². The Balaban J connectivity index is 0.00000128. The third-order valence-corrected chi connectivity index (χ3v) is 2.46. The number of halogens is 1. The molecule has 0 aliphatic carbocycles. The van der Waals surface area contributed by atoms with Gasteiger partial charge in [-0.1, -0.05) is 0 Å². The van der Waals surface area contributed by atoms with Crippen LogP contribution >= 0.6 is 12.4 Å². The zero-order valence-corrected chi connectivity index (χ0v) is 10.3. The fourth-order valence-corrected chi connectivity index (χ4v) is 1.80. The zero-order valence-electron chi connectivity index (χ0n) is 9.49. The van der Waals surface area contributed by atoms with Crippen molar-refractivity contribution < 1.29 is 4.42 Å². The molecule has 0 aliphatic heterocycles. The van der Waals surface area contributed by atoms with Crippen LogP contribution in [0.4, 0.5) is 5.69 Å². The minimum Gasteiger partial charge on any atom is -0.464 e. The molecule has 1 aromatic carbocycles. The summed E-state index contributed by atoms with van der Waals surface area (Å²) in [4.78, 5) is 0. The number of rotatable bonds is 3. The number of benzene rings is 1. The molecule has 1 aromatic heterocycles. The highest BCUT2D eigenvalue weighted by atomic mass is 35.5. The molecule has 88 valence electrons. The third kappa shape index (κ3) is 2.49. The average Bonchev–Trinajstić information content (AvgIpc) is 2.64. The molecule has 1 atom stereocenters. The Bertz CT molecular complexity index is 465. The van der Waals surface area contributed by atoms with Crippen LogP contribution < -0.4 is 11.1 Å². The van der Waals surface area contributed by atoms with Crippen LogP contribution in [0, 0.1) is 0 Å². The minimum atomic E-state index is 0. The van der Waals surface area contributed by atoms with Crippen molar-refractivity contribution >= 4 is 29.1 Å². The molecule has 0 spiro atoms. The summed E-state index contributed by atoms with van der Waals surface area (Å²) in [6.45, 7) is 2.00. The van der Waals surface area contributed by atoms with Gasteiger partial charge in [0.2, 0.25) is 0 Å². The lowest BCUT2D eigenvalue weighted by Gasteiger charge is -2.08. The molecule has 2 rings (SSSR count). The Morgan fingerprint density at radius 3 is 2.81 bits per heavy atom. The minimum absolute atomic E-state index is 0. The van der Waals surface area contributed by atoms with Gasteiger partial charge >= 0.3 is 0 Å². The number of furan rings is 1. The lowest BCUT2D eigenvalue weighted by atomic mass is 10.0. The standard InChI is InChI=1S/C12H16N2O.ClH/c1-8(13)5-10-7-11(14-2)6-9-3-4-15-12(9)10;/h3-4,6-8,14H,5,13H2,1-2H3;1H. The van der Waals surface area contributed by atoms with Gasteiger partial charge in [-0.3, -0.25) is 0 Å². The van der Waals surface area contributed by atoms with Crippen LogP contribution in [0.15, 0.2) is 28.9 Å². The van der Waals surface area contributed by atoms with Crippen LogP contribution in [0.5, 0.6) is 0 Å². The maximum atomic E-state index is 5.81. The zero-order chi connectivity index (χ0) is 10.8. The highest BCUT2D eigenvalue weighted by Crippen LogP contribution is 2.25. The molecular weight excluding hydrogens is 224 g/mol. The van der Waals surface area contributed by atoms with Crippen molar-refractivity contribution in [2.75, 3.05) is 12.4 Å². The SMILES string of the molecule is CNc1cc(CC(C)N)c2occc2c1.Cl. The van der Waals surface area contributed by atoms with Gasteiger partial charge in [0, 0.05) is 24.2 Å². The summed E-state index contributed by atoms with van der Waals surface area (Å²) >= 11 is 0. The molecule has 0 fully saturated rings. The topological polar surface area (TPSA) is 51.2 Å². The van der Waals surface area contributed by atoms with E-state index in [9.17, 15) is 0 Å². The molecule has 1 unspecified atom stereocenters. The second kappa shape index (κ2) is 5.23. The van der Waals surface area contributed by atoms with E-state index in [-0.39, 0.29) is 18.4 Å². The number of fused-ring (bicyclic) bond motifs is 1. The quantitative estimate of drug-likeness (QED) is 0.868. The van der Waals surface area contributed by atoms with E-state index >= 15 is 0 Å². The maximum Gasteiger partial charge on any atom is 0.137 e. The predicted octanol–water partition coefficient (Wildman–Crippen LogP) is 2.79. The number of nitrogens with one attached hydrogen (secondary N) is 1. The summed E-state index contributed by atoms with van der Waals surface area (Å²) in [5.41, 5.74) is 9.02. The summed E-state index contributed by atoms with van der Waals surface area (Å²) in [5, 5.41) is 4.26. The van der Waals surface area contributed by atoms with Gasteiger partial charge in [-0.25, -0.2) is 0 Å². The molecule has 2 aromatic rings. The van der Waals surface area contributed by atoms with Crippen molar-refractivity contribution in [1.82, 2.24) is 0 Å². The van der Waals surface area contributed by atoms with Crippen molar-refractivity contribution in [1.29, 1.82) is 0 Å². The van der Waals surface area contributed by atoms with Crippen molar-refractivity contribution in [3.63, 3.8) is 0 Å². The molecule has 4 heteroatoms. The fraction of sp³-hybridized carbons (Fsp3) is 0.333. The summed E-state index contributed by atoms with van der Waals surface area (Å²) in [5.74, 6) is 0. The van der Waals surface area contributed by atoms with E-state index in [1.807, 2.05) is 20.0 Å². The van der Waals surface area contributed by atoms with E-state index in [1.54, 1.807) is 6.26 Å². The molecule has 0 amide bonds. The number of hydrogen-bond acceptors (Lipinski definition) is 3. The monoisotopic (exact) mass is 240 g/mol. The van der Waals surface area contributed by atoms with Crippen LogP contribution in [-0.4, -0.2) is 13.1 Å². The molecule has 3 N–H and O–H groups in total. The van der Waals surface area contributed by atoms with Gasteiger partial charge in [-0.2, -0.15) is 0 Å². The Kier molecular flexibility index (Phi) is 4.21. The van der Waals surface area contributed by atoms with Gasteiger partial charge in [0.25, 0.3) is 0 Å². The lowest BCUT2D eigenvalue weighted by Crippen LogP contribution is -2.17. The first kappa shape index (κ1) is 12.9. The summed E-state index contributed by atoms with van der Waals surface area (Å²) in [6, 6.07) is 6.28. The van der Waals surface area contributed by atoms with Crippen molar-refractivity contribution in [2.24, 2.45) is 5.73 Å². The molecule has 0 saturated carbocycles. The van der Waals surface area contributed by atoms with E-state index in [0.29, 0.717) is 0 Å². The Morgan fingerprint density at radius 1 is 1.44 bits per heavy atom. The van der Waals surface area contributed by atoms with E-state index in [4.69, 9.17) is 10.2 Å². The number of anilines is 1. The summed E-state index contributed by atoms with van der Waals surface area (Å²) in [7, 11) is 1.91. The van der Waals surface area contributed by atoms with Gasteiger partial charge in [0.15, 0.2) is 0 Å². The molecule has 0 bridgehead atoms. The number of hydrogen-bond donors (Lipinski definition) is 2. The van der Waals surface area contributed by atoms with Crippen molar-refractivity contribution in [2.45, 2.75) is 19.4 Å². The molecule has 0 aliphatic rings. The van der Waals surface area contributed by atoms with E-state index < -0.39 is 0 Å². The number of nitrogens with two attached hydrogens (primary N) is 1. The molecular formula is C12H17ClN2O. The van der Waals surface area contributed by atoms with Crippen LogP contribution in [0.3, 0.4) is 0 Å². The normalized spacial score (nSPS) is 12.2. The van der Waals surface area contributed by atoms with Gasteiger partial charge in [-0.15, -0.1) is 12.4 Å². The molecule has 1 heterocycles. The van der Waals surface area contributed by atoms with Crippen molar-refractivity contribution in [3.05, 3.63) is 30.0 Å². The highest BCUT2D eigenvalue weighted by Gasteiger charge is 2.08. The first-order chi connectivity index (χ1) is 7.20. The Morgan fingerprint density at radius 2 is 2.19 bits per heavy atom.